The molecule has 1 saturated heterocycles. The third-order valence-electron chi connectivity index (χ3n) is 3.79. The highest BCUT2D eigenvalue weighted by atomic mass is 16.4. The van der Waals surface area contributed by atoms with E-state index in [9.17, 15) is 9.59 Å². The summed E-state index contributed by atoms with van der Waals surface area (Å²) in [7, 11) is 0. The molecule has 0 saturated carbocycles. The molecule has 2 N–H and O–H groups in total. The Morgan fingerprint density at radius 2 is 1.91 bits per heavy atom. The zero-order valence-electron chi connectivity index (χ0n) is 12.9. The minimum absolute atomic E-state index is 0.0644. The molecule has 1 aliphatic heterocycles. The molecule has 120 valence electrons. The first-order valence-electron chi connectivity index (χ1n) is 7.26. The Hall–Kier alpha value is -2.38. The number of urea groups is 1. The zero-order valence-corrected chi connectivity index (χ0v) is 12.9. The van der Waals surface area contributed by atoms with E-state index in [1.165, 1.54) is 0 Å². The Morgan fingerprint density at radius 3 is 2.55 bits per heavy atom. The molecule has 8 nitrogen and oxygen atoms in total. The lowest BCUT2D eigenvalue weighted by Gasteiger charge is -2.36. The first-order chi connectivity index (χ1) is 10.5. The minimum Gasteiger partial charge on any atom is -0.481 e. The van der Waals surface area contributed by atoms with Gasteiger partial charge in [-0.3, -0.25) is 4.79 Å². The van der Waals surface area contributed by atoms with Gasteiger partial charge in [-0.15, -0.1) is 0 Å². The van der Waals surface area contributed by atoms with Gasteiger partial charge in [0.2, 0.25) is 0 Å². The highest BCUT2D eigenvalue weighted by Gasteiger charge is 2.23. The molecular formula is C14H21N5O3. The fraction of sp³-hybridized carbons (Fsp3) is 0.571. The van der Waals surface area contributed by atoms with Crippen LogP contribution in [-0.4, -0.2) is 64.7 Å². The average molecular weight is 307 g/mol. The van der Waals surface area contributed by atoms with Crippen LogP contribution in [0.5, 0.6) is 0 Å². The van der Waals surface area contributed by atoms with Crippen LogP contribution in [-0.2, 0) is 4.79 Å². The number of nitrogens with one attached hydrogen (secondary N) is 1. The van der Waals surface area contributed by atoms with E-state index in [4.69, 9.17) is 5.11 Å². The van der Waals surface area contributed by atoms with Gasteiger partial charge in [-0.2, -0.15) is 0 Å². The van der Waals surface area contributed by atoms with Crippen molar-refractivity contribution in [1.82, 2.24) is 20.2 Å². The summed E-state index contributed by atoms with van der Waals surface area (Å²) in [5.74, 6) is -0.00170. The first kappa shape index (κ1) is 16.0. The number of nitrogens with zero attached hydrogens (tertiary/aromatic N) is 4. The second kappa shape index (κ2) is 7.06. The summed E-state index contributed by atoms with van der Waals surface area (Å²) in [4.78, 5) is 34.7. The van der Waals surface area contributed by atoms with Crippen LogP contribution in [0.15, 0.2) is 6.33 Å². The van der Waals surface area contributed by atoms with Gasteiger partial charge in [0.05, 0.1) is 6.42 Å². The second-order valence-corrected chi connectivity index (χ2v) is 5.26. The molecule has 0 spiro atoms. The number of rotatable bonds is 4. The van der Waals surface area contributed by atoms with Crippen LogP contribution in [0.2, 0.25) is 0 Å². The van der Waals surface area contributed by atoms with Crippen molar-refractivity contribution in [2.45, 2.75) is 20.3 Å². The highest BCUT2D eigenvalue weighted by Crippen LogP contribution is 2.19. The van der Waals surface area contributed by atoms with E-state index in [0.29, 0.717) is 26.2 Å². The van der Waals surface area contributed by atoms with Gasteiger partial charge in [-0.05, 0) is 13.8 Å². The van der Waals surface area contributed by atoms with E-state index in [1.54, 1.807) is 11.2 Å². The molecular weight excluding hydrogens is 286 g/mol. The fourth-order valence-electron chi connectivity index (χ4n) is 2.35. The molecule has 2 rings (SSSR count). The number of aryl methyl sites for hydroxylation is 1. The van der Waals surface area contributed by atoms with E-state index in [2.05, 4.69) is 20.2 Å². The number of carboxylic acid groups (broad SMARTS) is 1. The third kappa shape index (κ3) is 3.84. The van der Waals surface area contributed by atoms with Crippen LogP contribution in [0.25, 0.3) is 0 Å². The number of amides is 2. The Labute approximate surface area is 129 Å². The standard InChI is InChI=1S/C14H21N5O3/c1-10-11(2)16-9-17-13(10)18-5-7-19(8-6-18)14(22)15-4-3-12(20)21/h9H,3-8H2,1-2H3,(H,15,22)(H,20,21). The van der Waals surface area contributed by atoms with Gasteiger partial charge >= 0.3 is 12.0 Å². The number of aromatic nitrogens is 2. The van der Waals surface area contributed by atoms with Gasteiger partial charge < -0.3 is 20.2 Å². The Bertz CT molecular complexity index is 555. The molecule has 0 unspecified atom stereocenters. The van der Waals surface area contributed by atoms with Crippen LogP contribution < -0.4 is 10.2 Å². The molecule has 0 aliphatic carbocycles. The van der Waals surface area contributed by atoms with Gasteiger partial charge in [-0.25, -0.2) is 14.8 Å². The van der Waals surface area contributed by atoms with Crippen molar-refractivity contribution in [3.8, 4) is 0 Å². The maximum Gasteiger partial charge on any atom is 0.317 e. The van der Waals surface area contributed by atoms with Crippen LogP contribution >= 0.6 is 0 Å². The summed E-state index contributed by atoms with van der Waals surface area (Å²) >= 11 is 0. The van der Waals surface area contributed by atoms with Crippen LogP contribution in [0.3, 0.4) is 0 Å². The average Bonchev–Trinajstić information content (AvgIpc) is 2.50. The van der Waals surface area contributed by atoms with Crippen molar-refractivity contribution in [3.05, 3.63) is 17.6 Å². The minimum atomic E-state index is -0.917. The zero-order chi connectivity index (χ0) is 16.1. The van der Waals surface area contributed by atoms with Gasteiger partial charge in [0.1, 0.15) is 12.1 Å². The number of aliphatic carboxylic acids is 1. The first-order valence-corrected chi connectivity index (χ1v) is 7.26. The SMILES string of the molecule is Cc1ncnc(N2CCN(C(=O)NCCC(=O)O)CC2)c1C. The molecule has 22 heavy (non-hydrogen) atoms. The van der Waals surface area contributed by atoms with Crippen LogP contribution in [0, 0.1) is 13.8 Å². The van der Waals surface area contributed by atoms with Crippen molar-refractivity contribution in [2.75, 3.05) is 37.6 Å². The molecule has 2 amide bonds. The summed E-state index contributed by atoms with van der Waals surface area (Å²) in [6.45, 7) is 6.66. The van der Waals surface area contributed by atoms with Crippen LogP contribution in [0.4, 0.5) is 10.6 Å². The van der Waals surface area contributed by atoms with Gasteiger partial charge in [0.25, 0.3) is 0 Å². The quantitative estimate of drug-likeness (QED) is 0.835. The number of hydrogen-bond acceptors (Lipinski definition) is 5. The summed E-state index contributed by atoms with van der Waals surface area (Å²) in [5, 5.41) is 11.2. The number of piperazine rings is 1. The van der Waals surface area contributed by atoms with Crippen molar-refractivity contribution in [2.24, 2.45) is 0 Å². The maximum absolute atomic E-state index is 11.9. The Morgan fingerprint density at radius 1 is 1.23 bits per heavy atom. The number of anilines is 1. The normalized spacial score (nSPS) is 14.8. The molecule has 1 aromatic rings. The van der Waals surface area contributed by atoms with E-state index >= 15 is 0 Å². The Balaban J connectivity index is 1.86. The molecule has 1 fully saturated rings. The predicted octanol–water partition coefficient (Wildman–Crippen LogP) is 0.400. The smallest absolute Gasteiger partial charge is 0.317 e. The molecule has 0 aromatic carbocycles. The molecule has 2 heterocycles. The topological polar surface area (TPSA) is 98.7 Å². The van der Waals surface area contributed by atoms with Gasteiger partial charge in [-0.1, -0.05) is 0 Å². The number of carbonyl (C=O) groups is 2. The number of carboxylic acids is 1. The fourth-order valence-corrected chi connectivity index (χ4v) is 2.35. The van der Waals surface area contributed by atoms with Crippen molar-refractivity contribution < 1.29 is 14.7 Å². The molecule has 1 aliphatic rings. The van der Waals surface area contributed by atoms with Crippen molar-refractivity contribution in [1.29, 1.82) is 0 Å². The molecule has 8 heteroatoms. The number of carbonyl (C=O) groups excluding carboxylic acids is 1. The predicted molar refractivity (Wildman–Crippen MR) is 80.9 cm³/mol. The molecule has 1 aromatic heterocycles. The third-order valence-corrected chi connectivity index (χ3v) is 3.79. The summed E-state index contributed by atoms with van der Waals surface area (Å²) in [6.07, 6.45) is 1.49. The molecule has 0 bridgehead atoms. The van der Waals surface area contributed by atoms with Gasteiger partial charge in [0.15, 0.2) is 0 Å². The lowest BCUT2D eigenvalue weighted by atomic mass is 10.2. The lowest BCUT2D eigenvalue weighted by molar-refractivity contribution is -0.136. The number of hydrogen-bond donors (Lipinski definition) is 2. The van der Waals surface area contributed by atoms with Crippen molar-refractivity contribution >= 4 is 17.8 Å². The van der Waals surface area contributed by atoms with Gasteiger partial charge in [0, 0.05) is 44.0 Å². The molecule has 0 atom stereocenters. The monoisotopic (exact) mass is 307 g/mol. The van der Waals surface area contributed by atoms with Crippen LogP contribution in [0.1, 0.15) is 17.7 Å². The van der Waals surface area contributed by atoms with Crippen molar-refractivity contribution in [3.63, 3.8) is 0 Å². The van der Waals surface area contributed by atoms with E-state index in [0.717, 1.165) is 17.1 Å². The van der Waals surface area contributed by atoms with E-state index in [-0.39, 0.29) is 19.0 Å². The summed E-state index contributed by atoms with van der Waals surface area (Å²) in [6, 6.07) is -0.212. The highest BCUT2D eigenvalue weighted by molar-refractivity contribution is 5.75. The maximum atomic E-state index is 11.9. The summed E-state index contributed by atoms with van der Waals surface area (Å²) in [5.41, 5.74) is 2.01. The largest absolute Gasteiger partial charge is 0.481 e. The van der Waals surface area contributed by atoms with E-state index in [1.807, 2.05) is 13.8 Å². The lowest BCUT2D eigenvalue weighted by Crippen LogP contribution is -2.52. The Kier molecular flexibility index (Phi) is 5.13. The van der Waals surface area contributed by atoms with E-state index < -0.39 is 5.97 Å². The second-order valence-electron chi connectivity index (χ2n) is 5.26. The summed E-state index contributed by atoms with van der Waals surface area (Å²) < 4.78 is 0. The molecule has 0 radical (unpaired) electrons.